The predicted octanol–water partition coefficient (Wildman–Crippen LogP) is 4.09. The molecule has 4 nitrogen and oxygen atoms in total. The van der Waals surface area contributed by atoms with Crippen molar-refractivity contribution in [1.29, 1.82) is 0 Å². The van der Waals surface area contributed by atoms with Gasteiger partial charge in [0, 0.05) is 38.4 Å². The Morgan fingerprint density at radius 1 is 0.759 bits per heavy atom. The fourth-order valence-electron chi connectivity index (χ4n) is 3.20. The summed E-state index contributed by atoms with van der Waals surface area (Å²) in [5.41, 5.74) is 2.59. The highest BCUT2D eigenvalue weighted by Crippen LogP contribution is 2.28. The molecule has 3 aliphatic heterocycles. The lowest BCUT2D eigenvalue weighted by Crippen LogP contribution is -2.37. The minimum absolute atomic E-state index is 0.667. The minimum atomic E-state index is 0.667. The smallest absolute Gasteiger partial charge is 0.137 e. The zero-order chi connectivity index (χ0) is 21.2. The van der Waals surface area contributed by atoms with Crippen LogP contribution in [-0.2, 0) is 11.2 Å². The maximum atomic E-state index is 5.11. The fraction of sp³-hybridized carbons (Fsp3) is 0.526. The summed E-state index contributed by atoms with van der Waals surface area (Å²) in [6.45, 7) is 6.54. The summed E-state index contributed by atoms with van der Waals surface area (Å²) in [6.07, 6.45) is 3.64. The number of morpholine rings is 1. The van der Waals surface area contributed by atoms with E-state index in [1.807, 2.05) is 11.0 Å². The Morgan fingerprint density at radius 2 is 1.31 bits per heavy atom. The first-order chi connectivity index (χ1) is 13.9. The van der Waals surface area contributed by atoms with Crippen LogP contribution in [0.15, 0.2) is 24.3 Å². The Kier molecular flexibility index (Phi) is 11.6. The van der Waals surface area contributed by atoms with Gasteiger partial charge in [-0.05, 0) is 30.9 Å². The average Bonchev–Trinajstić information content (AvgIpc) is 3.40. The van der Waals surface area contributed by atoms with Crippen molar-refractivity contribution in [3.05, 3.63) is 29.8 Å². The van der Waals surface area contributed by atoms with Crippen LogP contribution in [0.1, 0.15) is 18.4 Å². The molecule has 0 bridgehead atoms. The number of anilines is 1. The molecule has 0 aliphatic carbocycles. The number of para-hydroxylation sites is 1. The lowest BCUT2D eigenvalue weighted by Gasteiger charge is -2.26. The van der Waals surface area contributed by atoms with E-state index in [1.54, 1.807) is 0 Å². The van der Waals surface area contributed by atoms with Gasteiger partial charge in [-0.25, -0.2) is 0 Å². The van der Waals surface area contributed by atoms with Crippen LogP contribution >= 0.6 is 74.5 Å². The maximum absolute atomic E-state index is 5.11. The van der Waals surface area contributed by atoms with Gasteiger partial charge >= 0.3 is 0 Å². The zero-order valence-corrected chi connectivity index (χ0v) is 21.3. The Morgan fingerprint density at radius 3 is 1.79 bits per heavy atom. The van der Waals surface area contributed by atoms with E-state index < -0.39 is 0 Å². The molecule has 2 fully saturated rings. The molecule has 160 valence electrons. The Labute approximate surface area is 206 Å². The molecule has 2 saturated heterocycles. The molecule has 0 spiro atoms. The van der Waals surface area contributed by atoms with Gasteiger partial charge in [0.05, 0.1) is 13.2 Å². The number of thiol groups is 3. The van der Waals surface area contributed by atoms with E-state index in [0.29, 0.717) is 8.64 Å². The molecule has 0 atom stereocenters. The summed E-state index contributed by atoms with van der Waals surface area (Å²) in [5, 5.41) is 0. The van der Waals surface area contributed by atoms with Crippen molar-refractivity contribution in [3.63, 3.8) is 0 Å². The van der Waals surface area contributed by atoms with Crippen LogP contribution in [0.4, 0.5) is 5.69 Å². The molecule has 4 rings (SSSR count). The van der Waals surface area contributed by atoms with Gasteiger partial charge in [0.2, 0.25) is 0 Å². The average molecular weight is 506 g/mol. The quantitative estimate of drug-likeness (QED) is 0.360. The normalized spacial score (nSPS) is 17.6. The van der Waals surface area contributed by atoms with Gasteiger partial charge in [0.1, 0.15) is 13.0 Å². The van der Waals surface area contributed by atoms with Gasteiger partial charge in [0.15, 0.2) is 0 Å². The number of hydrogen-bond acceptors (Lipinski definition) is 4. The first-order valence-electron chi connectivity index (χ1n) is 9.52. The zero-order valence-electron chi connectivity index (χ0n) is 16.2. The lowest BCUT2D eigenvalue weighted by atomic mass is 10.2. The van der Waals surface area contributed by atoms with Crippen molar-refractivity contribution in [1.82, 2.24) is 9.80 Å². The van der Waals surface area contributed by atoms with Crippen LogP contribution in [0.3, 0.4) is 0 Å². The van der Waals surface area contributed by atoms with Gasteiger partial charge in [-0.15, -0.1) is 37.9 Å². The van der Waals surface area contributed by atoms with Crippen molar-refractivity contribution in [2.24, 2.45) is 0 Å². The summed E-state index contributed by atoms with van der Waals surface area (Å²) >= 11 is 27.0. The molecule has 0 aromatic heterocycles. The largest absolute Gasteiger partial charge is 0.378 e. The first kappa shape index (κ1) is 25.2. The summed E-state index contributed by atoms with van der Waals surface area (Å²) in [6, 6.07) is 8.32. The summed E-state index contributed by atoms with van der Waals surface area (Å²) in [5.74, 6) is 0. The highest BCUT2D eigenvalue weighted by Gasteiger charge is 2.19. The van der Waals surface area contributed by atoms with Crippen molar-refractivity contribution >= 4 is 93.2 Å². The van der Waals surface area contributed by atoms with E-state index in [0.717, 1.165) is 56.7 Å². The molecule has 0 radical (unpaired) electrons. The molecule has 0 saturated carbocycles. The highest BCUT2D eigenvalue weighted by atomic mass is 32.1. The third-order valence-electron chi connectivity index (χ3n) is 4.78. The molecule has 0 unspecified atom stereocenters. The second-order valence-electron chi connectivity index (χ2n) is 6.67. The van der Waals surface area contributed by atoms with Crippen LogP contribution < -0.4 is 4.90 Å². The first-order valence-corrected chi connectivity index (χ1v) is 12.1. The van der Waals surface area contributed by atoms with E-state index in [-0.39, 0.29) is 0 Å². The van der Waals surface area contributed by atoms with E-state index in [4.69, 9.17) is 41.4 Å². The van der Waals surface area contributed by atoms with Crippen LogP contribution in [-0.4, -0.2) is 68.7 Å². The predicted molar refractivity (Wildman–Crippen MR) is 145 cm³/mol. The SMILES string of the molecule is S=C(S)N1CCCC1.S=C(S)N1CCOCC1.S=C(S)N1CCc2ccccc21. The van der Waals surface area contributed by atoms with Crippen molar-refractivity contribution in [2.75, 3.05) is 50.8 Å². The second kappa shape index (κ2) is 13.3. The highest BCUT2D eigenvalue weighted by molar-refractivity contribution is 8.11. The number of thiocarbonyl (C=S) groups is 3. The standard InChI is InChI=1S/C9H9NS2.C5H9NOS2.C5H9NS2/c11-9(12)10-6-5-7-3-1-2-4-8(7)10;8-5(9)6-1-3-7-4-2-6;7-5(8)6-3-1-2-4-6/h1-4H,5-6H2,(H,11,12);1-4H2,(H,8,9);1-4H2,(H,7,8). The van der Waals surface area contributed by atoms with E-state index in [2.05, 4.69) is 65.9 Å². The molecule has 1 aromatic rings. The van der Waals surface area contributed by atoms with E-state index >= 15 is 0 Å². The number of likely N-dealkylation sites (tertiary alicyclic amines) is 1. The molecule has 29 heavy (non-hydrogen) atoms. The Balaban J connectivity index is 0.000000160. The van der Waals surface area contributed by atoms with Gasteiger partial charge in [-0.2, -0.15) is 0 Å². The van der Waals surface area contributed by atoms with Crippen LogP contribution in [0.5, 0.6) is 0 Å². The van der Waals surface area contributed by atoms with E-state index in [1.165, 1.54) is 24.1 Å². The van der Waals surface area contributed by atoms with Crippen molar-refractivity contribution in [2.45, 2.75) is 19.3 Å². The summed E-state index contributed by atoms with van der Waals surface area (Å²) < 4.78 is 7.21. The molecule has 0 N–H and O–H groups in total. The summed E-state index contributed by atoms with van der Waals surface area (Å²) in [7, 11) is 0. The second-order valence-corrected chi connectivity index (χ2v) is 10.0. The third kappa shape index (κ3) is 8.51. The molecule has 3 aliphatic rings. The van der Waals surface area contributed by atoms with Gasteiger partial charge in [0.25, 0.3) is 0 Å². The molecule has 0 amide bonds. The molecule has 1 aromatic carbocycles. The van der Waals surface area contributed by atoms with E-state index in [9.17, 15) is 0 Å². The number of hydrogen-bond donors (Lipinski definition) is 3. The number of ether oxygens (including phenoxy) is 1. The minimum Gasteiger partial charge on any atom is -0.378 e. The van der Waals surface area contributed by atoms with Crippen LogP contribution in [0.2, 0.25) is 0 Å². The number of rotatable bonds is 0. The lowest BCUT2D eigenvalue weighted by molar-refractivity contribution is 0.0703. The number of fused-ring (bicyclic) bond motifs is 1. The van der Waals surface area contributed by atoms with Gasteiger partial charge in [-0.1, -0.05) is 54.9 Å². The molecule has 3 heterocycles. The topological polar surface area (TPSA) is 19.0 Å². The maximum Gasteiger partial charge on any atom is 0.137 e. The fourth-order valence-corrected chi connectivity index (χ4v) is 4.36. The van der Waals surface area contributed by atoms with Gasteiger partial charge in [-0.3, -0.25) is 0 Å². The Bertz CT molecular complexity index is 705. The van der Waals surface area contributed by atoms with Crippen LogP contribution in [0, 0.1) is 0 Å². The third-order valence-corrected chi connectivity index (χ3v) is 6.32. The number of benzene rings is 1. The number of nitrogens with zero attached hydrogens (tertiary/aromatic N) is 3. The summed E-state index contributed by atoms with van der Waals surface area (Å²) in [4.78, 5) is 6.22. The van der Waals surface area contributed by atoms with Crippen LogP contribution in [0.25, 0.3) is 0 Å². The van der Waals surface area contributed by atoms with Crippen molar-refractivity contribution in [3.8, 4) is 0 Å². The molecular weight excluding hydrogens is 479 g/mol. The Hall–Kier alpha value is -0.100. The van der Waals surface area contributed by atoms with Gasteiger partial charge < -0.3 is 19.4 Å². The molecular formula is C19H27N3OS6. The van der Waals surface area contributed by atoms with Crippen molar-refractivity contribution < 1.29 is 4.74 Å². The molecule has 10 heteroatoms. The monoisotopic (exact) mass is 505 g/mol.